The van der Waals surface area contributed by atoms with Crippen LogP contribution in [-0.2, 0) is 0 Å². The molecule has 0 saturated heterocycles. The van der Waals surface area contributed by atoms with Crippen LogP contribution >= 0.6 is 0 Å². The van der Waals surface area contributed by atoms with Crippen LogP contribution in [0.15, 0.2) is 83.9 Å². The Hall–Kier alpha value is -3.33. The van der Waals surface area contributed by atoms with E-state index in [0.29, 0.717) is 6.54 Å². The molecular weight excluding hydrogens is 320 g/mol. The normalized spacial score (nSPS) is 11.4. The zero-order chi connectivity index (χ0) is 17.8. The summed E-state index contributed by atoms with van der Waals surface area (Å²) in [7, 11) is 0. The Morgan fingerprint density at radius 3 is 2.31 bits per heavy atom. The summed E-state index contributed by atoms with van der Waals surface area (Å²) in [4.78, 5) is 4.50. The molecule has 0 atom stereocenters. The van der Waals surface area contributed by atoms with Gasteiger partial charge in [0.2, 0.25) is 0 Å². The third kappa shape index (κ3) is 3.24. The summed E-state index contributed by atoms with van der Waals surface area (Å²) in [5, 5.41) is 18.2. The molecule has 4 aromatic carbocycles. The van der Waals surface area contributed by atoms with Crippen molar-refractivity contribution in [2.45, 2.75) is 0 Å². The van der Waals surface area contributed by atoms with Crippen molar-refractivity contribution in [3.8, 4) is 5.75 Å². The number of anilines is 1. The minimum Gasteiger partial charge on any atom is -0.507 e. The molecule has 0 aromatic heterocycles. The average molecular weight is 340 g/mol. The Morgan fingerprint density at radius 1 is 0.769 bits per heavy atom. The van der Waals surface area contributed by atoms with Gasteiger partial charge in [0.25, 0.3) is 0 Å². The first kappa shape index (κ1) is 16.2. The summed E-state index contributed by atoms with van der Waals surface area (Å²) in [6.07, 6.45) is 1.77. The summed E-state index contributed by atoms with van der Waals surface area (Å²) in [6.45, 7) is 1.36. The fraction of sp³-hybridized carbons (Fsp3) is 0.0870. The van der Waals surface area contributed by atoms with Crippen molar-refractivity contribution in [3.05, 3.63) is 84.4 Å². The second kappa shape index (κ2) is 7.28. The molecule has 0 bridgehead atoms. The largest absolute Gasteiger partial charge is 0.507 e. The van der Waals surface area contributed by atoms with Gasteiger partial charge in [-0.2, -0.15) is 0 Å². The van der Waals surface area contributed by atoms with E-state index in [9.17, 15) is 5.11 Å². The molecule has 0 aliphatic heterocycles. The van der Waals surface area contributed by atoms with E-state index in [1.807, 2.05) is 36.4 Å². The molecule has 0 aliphatic carbocycles. The van der Waals surface area contributed by atoms with Gasteiger partial charge in [0.15, 0.2) is 0 Å². The first-order valence-electron chi connectivity index (χ1n) is 8.75. The zero-order valence-corrected chi connectivity index (χ0v) is 14.4. The summed E-state index contributed by atoms with van der Waals surface area (Å²) < 4.78 is 0. The molecular formula is C23H20N2O. The molecule has 0 fully saturated rings. The second-order valence-electron chi connectivity index (χ2n) is 6.21. The van der Waals surface area contributed by atoms with E-state index in [4.69, 9.17) is 0 Å². The molecule has 0 aliphatic rings. The third-order valence-electron chi connectivity index (χ3n) is 4.51. The number of nitrogens with one attached hydrogen (secondary N) is 1. The second-order valence-corrected chi connectivity index (χ2v) is 6.21. The Labute approximate surface area is 152 Å². The predicted octanol–water partition coefficient (Wildman–Crippen LogP) is 5.23. The lowest BCUT2D eigenvalue weighted by molar-refractivity contribution is 0.475. The van der Waals surface area contributed by atoms with Gasteiger partial charge in [-0.3, -0.25) is 4.99 Å². The Kier molecular flexibility index (Phi) is 4.52. The molecule has 3 nitrogen and oxygen atoms in total. The van der Waals surface area contributed by atoms with Gasteiger partial charge in [0.1, 0.15) is 5.75 Å². The highest BCUT2D eigenvalue weighted by Gasteiger charge is 2.04. The van der Waals surface area contributed by atoms with Gasteiger partial charge in [-0.05, 0) is 28.3 Å². The summed E-state index contributed by atoms with van der Waals surface area (Å²) in [6, 6.07) is 26.2. The van der Waals surface area contributed by atoms with Crippen LogP contribution in [0.3, 0.4) is 0 Å². The number of aliphatic imine (C=N–C) groups is 1. The molecule has 0 unspecified atom stereocenters. The van der Waals surface area contributed by atoms with Gasteiger partial charge in [-0.1, -0.05) is 66.7 Å². The number of hydrogen-bond donors (Lipinski definition) is 2. The van der Waals surface area contributed by atoms with Gasteiger partial charge in [-0.25, -0.2) is 0 Å². The Morgan fingerprint density at radius 2 is 1.46 bits per heavy atom. The van der Waals surface area contributed by atoms with Crippen LogP contribution in [0.4, 0.5) is 5.69 Å². The Balaban J connectivity index is 1.46. The lowest BCUT2D eigenvalue weighted by Crippen LogP contribution is -2.05. The third-order valence-corrected chi connectivity index (χ3v) is 4.51. The van der Waals surface area contributed by atoms with Crippen molar-refractivity contribution >= 4 is 33.4 Å². The lowest BCUT2D eigenvalue weighted by atomic mass is 10.0. The number of nitrogens with zero attached hydrogens (tertiary/aromatic N) is 1. The first-order chi connectivity index (χ1) is 12.8. The van der Waals surface area contributed by atoms with Gasteiger partial charge < -0.3 is 10.4 Å². The van der Waals surface area contributed by atoms with Crippen molar-refractivity contribution in [3.63, 3.8) is 0 Å². The van der Waals surface area contributed by atoms with Gasteiger partial charge >= 0.3 is 0 Å². The molecule has 4 aromatic rings. The fourth-order valence-electron chi connectivity index (χ4n) is 3.21. The molecule has 26 heavy (non-hydrogen) atoms. The number of phenolic OH excluding ortho intramolecular Hbond substituents is 1. The van der Waals surface area contributed by atoms with Crippen LogP contribution in [0.5, 0.6) is 5.75 Å². The van der Waals surface area contributed by atoms with Crippen LogP contribution in [0.25, 0.3) is 21.5 Å². The lowest BCUT2D eigenvalue weighted by Gasteiger charge is -2.08. The smallest absolute Gasteiger partial charge is 0.124 e. The molecule has 128 valence electrons. The highest BCUT2D eigenvalue weighted by Crippen LogP contribution is 2.25. The van der Waals surface area contributed by atoms with Crippen LogP contribution < -0.4 is 5.32 Å². The summed E-state index contributed by atoms with van der Waals surface area (Å²) in [5.74, 6) is 0.259. The van der Waals surface area contributed by atoms with Crippen LogP contribution in [0.1, 0.15) is 5.56 Å². The molecule has 0 saturated carbocycles. The van der Waals surface area contributed by atoms with Crippen molar-refractivity contribution in [1.82, 2.24) is 0 Å². The molecule has 0 heterocycles. The van der Waals surface area contributed by atoms with Crippen molar-refractivity contribution < 1.29 is 5.11 Å². The van der Waals surface area contributed by atoms with Gasteiger partial charge in [-0.15, -0.1) is 0 Å². The number of phenols is 1. The standard InChI is InChI=1S/C23H20N2O/c26-23-13-12-18-7-1-3-9-19(18)21(23)16-24-14-15-25-22-11-5-8-17-6-2-4-10-20(17)22/h1-13,16,25-26H,14-15H2. The minimum atomic E-state index is 0.259. The maximum Gasteiger partial charge on any atom is 0.124 e. The maximum atomic E-state index is 10.2. The predicted molar refractivity (Wildman–Crippen MR) is 111 cm³/mol. The quantitative estimate of drug-likeness (QED) is 0.386. The topological polar surface area (TPSA) is 44.6 Å². The Bertz CT molecular complexity index is 1080. The summed E-state index contributed by atoms with van der Waals surface area (Å²) >= 11 is 0. The van der Waals surface area contributed by atoms with E-state index in [2.05, 4.69) is 46.7 Å². The average Bonchev–Trinajstić information content (AvgIpc) is 2.69. The van der Waals surface area contributed by atoms with E-state index >= 15 is 0 Å². The van der Waals surface area contributed by atoms with Crippen LogP contribution in [0.2, 0.25) is 0 Å². The van der Waals surface area contributed by atoms with Gasteiger partial charge in [0, 0.05) is 29.4 Å². The zero-order valence-electron chi connectivity index (χ0n) is 14.4. The monoisotopic (exact) mass is 340 g/mol. The first-order valence-corrected chi connectivity index (χ1v) is 8.75. The highest BCUT2D eigenvalue weighted by atomic mass is 16.3. The molecule has 3 heteroatoms. The number of aromatic hydroxyl groups is 1. The SMILES string of the molecule is Oc1ccc2ccccc2c1C=NCCNc1cccc2ccccc12. The number of rotatable bonds is 5. The fourth-order valence-corrected chi connectivity index (χ4v) is 3.21. The summed E-state index contributed by atoms with van der Waals surface area (Å²) in [5.41, 5.74) is 1.89. The van der Waals surface area contributed by atoms with Gasteiger partial charge in [0.05, 0.1) is 6.54 Å². The van der Waals surface area contributed by atoms with Crippen LogP contribution in [-0.4, -0.2) is 24.4 Å². The van der Waals surface area contributed by atoms with Crippen molar-refractivity contribution in [2.24, 2.45) is 4.99 Å². The molecule has 0 amide bonds. The van der Waals surface area contributed by atoms with E-state index in [1.165, 1.54) is 10.8 Å². The van der Waals surface area contributed by atoms with E-state index in [0.717, 1.165) is 28.6 Å². The molecule has 0 spiro atoms. The molecule has 0 radical (unpaired) electrons. The van der Waals surface area contributed by atoms with E-state index in [1.54, 1.807) is 12.3 Å². The maximum absolute atomic E-state index is 10.2. The van der Waals surface area contributed by atoms with Crippen molar-refractivity contribution in [2.75, 3.05) is 18.4 Å². The molecule has 4 rings (SSSR count). The number of benzene rings is 4. The van der Waals surface area contributed by atoms with E-state index < -0.39 is 0 Å². The van der Waals surface area contributed by atoms with E-state index in [-0.39, 0.29) is 5.75 Å². The number of fused-ring (bicyclic) bond motifs is 2. The van der Waals surface area contributed by atoms with Crippen LogP contribution in [0, 0.1) is 0 Å². The number of hydrogen-bond acceptors (Lipinski definition) is 3. The highest BCUT2D eigenvalue weighted by molar-refractivity contribution is 6.02. The molecule has 2 N–H and O–H groups in total. The minimum absolute atomic E-state index is 0.259. The van der Waals surface area contributed by atoms with Crippen molar-refractivity contribution in [1.29, 1.82) is 0 Å².